The second-order valence-electron chi connectivity index (χ2n) is 2.64. The van der Waals surface area contributed by atoms with Crippen LogP contribution in [0.4, 0.5) is 4.39 Å². The zero-order valence-electron chi connectivity index (χ0n) is 5.36. The molecule has 0 heterocycles. The molecule has 0 bridgehead atoms. The number of alkyl halides is 1. The lowest BCUT2D eigenvalue weighted by molar-refractivity contribution is 0.442. The highest BCUT2D eigenvalue weighted by Crippen LogP contribution is 2.43. The first-order valence-electron chi connectivity index (χ1n) is 3.44. The van der Waals surface area contributed by atoms with Gasteiger partial charge in [-0.05, 0) is 24.7 Å². The van der Waals surface area contributed by atoms with Gasteiger partial charge in [-0.2, -0.15) is 0 Å². The van der Waals surface area contributed by atoms with Crippen molar-refractivity contribution in [3.8, 4) is 0 Å². The first-order valence-corrected chi connectivity index (χ1v) is 3.44. The van der Waals surface area contributed by atoms with Crippen LogP contribution in [-0.4, -0.2) is 6.67 Å². The molecule has 1 fully saturated rings. The van der Waals surface area contributed by atoms with Gasteiger partial charge in [0.15, 0.2) is 0 Å². The lowest BCUT2D eigenvalue weighted by Crippen LogP contribution is -1.81. The van der Waals surface area contributed by atoms with E-state index in [0.29, 0.717) is 0 Å². The van der Waals surface area contributed by atoms with Crippen LogP contribution in [0.15, 0.2) is 0 Å². The molecular formula is C7H13F. The van der Waals surface area contributed by atoms with Crippen molar-refractivity contribution in [2.75, 3.05) is 6.67 Å². The van der Waals surface area contributed by atoms with Crippen LogP contribution in [0.5, 0.6) is 0 Å². The average Bonchev–Trinajstić information content (AvgIpc) is 2.48. The third-order valence-electron chi connectivity index (χ3n) is 2.07. The minimum absolute atomic E-state index is 0.110. The summed E-state index contributed by atoms with van der Waals surface area (Å²) in [5.74, 6) is 1.63. The first-order chi connectivity index (χ1) is 3.88. The molecule has 48 valence electrons. The lowest BCUT2D eigenvalue weighted by atomic mass is 10.2. The molecule has 0 aromatic carbocycles. The van der Waals surface area contributed by atoms with Crippen LogP contribution in [-0.2, 0) is 0 Å². The van der Waals surface area contributed by atoms with Crippen molar-refractivity contribution in [1.29, 1.82) is 0 Å². The molecule has 0 saturated heterocycles. The fraction of sp³-hybridized carbons (Fsp3) is 1.00. The smallest absolute Gasteiger partial charge is 0.0897 e. The summed E-state index contributed by atoms with van der Waals surface area (Å²) in [4.78, 5) is 0. The molecule has 1 aliphatic rings. The molecule has 0 radical (unpaired) electrons. The Balaban J connectivity index is 1.99. The Morgan fingerprint density at radius 2 is 2.25 bits per heavy atom. The molecule has 0 nitrogen and oxygen atoms in total. The van der Waals surface area contributed by atoms with Crippen LogP contribution in [0, 0.1) is 11.8 Å². The topological polar surface area (TPSA) is 0 Å². The highest BCUT2D eigenvalue weighted by Gasteiger charge is 2.34. The van der Waals surface area contributed by atoms with E-state index in [2.05, 4.69) is 6.92 Å². The van der Waals surface area contributed by atoms with Crippen molar-refractivity contribution < 1.29 is 4.39 Å². The molecule has 0 aromatic rings. The van der Waals surface area contributed by atoms with Gasteiger partial charge in [-0.15, -0.1) is 0 Å². The van der Waals surface area contributed by atoms with Crippen LogP contribution in [0.3, 0.4) is 0 Å². The standard InChI is InChI=1S/C7H13F/c1-2-6-5-7(6)3-4-8/h6-7H,2-5H2,1H3. The summed E-state index contributed by atoms with van der Waals surface area (Å²) in [6, 6.07) is 0. The van der Waals surface area contributed by atoms with Crippen LogP contribution in [0.25, 0.3) is 0 Å². The summed E-state index contributed by atoms with van der Waals surface area (Å²) >= 11 is 0. The summed E-state index contributed by atoms with van der Waals surface area (Å²) < 4.78 is 11.6. The highest BCUT2D eigenvalue weighted by molar-refractivity contribution is 4.84. The molecule has 1 rings (SSSR count). The van der Waals surface area contributed by atoms with Crippen molar-refractivity contribution in [2.45, 2.75) is 26.2 Å². The summed E-state index contributed by atoms with van der Waals surface area (Å²) in [5, 5.41) is 0. The molecule has 0 N–H and O–H groups in total. The molecule has 2 atom stereocenters. The number of hydrogen-bond acceptors (Lipinski definition) is 0. The van der Waals surface area contributed by atoms with E-state index in [1.54, 1.807) is 0 Å². The van der Waals surface area contributed by atoms with Crippen molar-refractivity contribution in [3.63, 3.8) is 0 Å². The maximum absolute atomic E-state index is 11.6. The van der Waals surface area contributed by atoms with Crippen molar-refractivity contribution in [3.05, 3.63) is 0 Å². The Morgan fingerprint density at radius 3 is 2.62 bits per heavy atom. The Morgan fingerprint density at radius 1 is 1.50 bits per heavy atom. The van der Waals surface area contributed by atoms with Crippen LogP contribution in [0.2, 0.25) is 0 Å². The fourth-order valence-electron chi connectivity index (χ4n) is 1.30. The Hall–Kier alpha value is -0.0700. The Kier molecular flexibility index (Phi) is 1.87. The summed E-state index contributed by atoms with van der Waals surface area (Å²) in [6.07, 6.45) is 3.36. The second kappa shape index (κ2) is 2.47. The van der Waals surface area contributed by atoms with Gasteiger partial charge in [0, 0.05) is 0 Å². The molecule has 0 spiro atoms. The van der Waals surface area contributed by atoms with E-state index >= 15 is 0 Å². The van der Waals surface area contributed by atoms with Gasteiger partial charge < -0.3 is 0 Å². The molecule has 1 heteroatoms. The fourth-order valence-corrected chi connectivity index (χ4v) is 1.30. The van der Waals surface area contributed by atoms with Crippen molar-refractivity contribution in [1.82, 2.24) is 0 Å². The monoisotopic (exact) mass is 116 g/mol. The summed E-state index contributed by atoms with van der Waals surface area (Å²) in [6.45, 7) is 2.07. The number of rotatable bonds is 3. The Bertz CT molecular complexity index is 70.8. The highest BCUT2D eigenvalue weighted by atomic mass is 19.1. The van der Waals surface area contributed by atoms with E-state index in [0.717, 1.165) is 18.3 Å². The molecule has 1 aliphatic carbocycles. The molecule has 2 unspecified atom stereocenters. The molecule has 8 heavy (non-hydrogen) atoms. The predicted molar refractivity (Wildman–Crippen MR) is 32.5 cm³/mol. The SMILES string of the molecule is CCC1CC1CCF. The first kappa shape index (κ1) is 6.06. The maximum atomic E-state index is 11.6. The van der Waals surface area contributed by atoms with Crippen LogP contribution in [0.1, 0.15) is 26.2 Å². The van der Waals surface area contributed by atoms with Gasteiger partial charge in [0.2, 0.25) is 0 Å². The molecule has 0 aromatic heterocycles. The van der Waals surface area contributed by atoms with Gasteiger partial charge >= 0.3 is 0 Å². The third-order valence-corrected chi connectivity index (χ3v) is 2.07. The van der Waals surface area contributed by atoms with E-state index in [1.165, 1.54) is 12.8 Å². The minimum atomic E-state index is -0.110. The predicted octanol–water partition coefficient (Wildman–Crippen LogP) is 2.39. The van der Waals surface area contributed by atoms with Gasteiger partial charge in [0.25, 0.3) is 0 Å². The molecule has 1 saturated carbocycles. The van der Waals surface area contributed by atoms with E-state index in [-0.39, 0.29) is 6.67 Å². The van der Waals surface area contributed by atoms with Crippen LogP contribution >= 0.6 is 0 Å². The second-order valence-corrected chi connectivity index (χ2v) is 2.64. The van der Waals surface area contributed by atoms with Gasteiger partial charge in [0.1, 0.15) is 0 Å². The van der Waals surface area contributed by atoms with Gasteiger partial charge in [-0.3, -0.25) is 4.39 Å². The van der Waals surface area contributed by atoms with Gasteiger partial charge in [-0.1, -0.05) is 13.3 Å². The summed E-state index contributed by atoms with van der Waals surface area (Å²) in [5.41, 5.74) is 0. The molecule has 0 aliphatic heterocycles. The largest absolute Gasteiger partial charge is 0.251 e. The Labute approximate surface area is 50.1 Å². The van der Waals surface area contributed by atoms with E-state index in [1.807, 2.05) is 0 Å². The van der Waals surface area contributed by atoms with Gasteiger partial charge in [0.05, 0.1) is 6.67 Å². The average molecular weight is 116 g/mol. The normalized spacial score (nSPS) is 35.2. The van der Waals surface area contributed by atoms with E-state index < -0.39 is 0 Å². The van der Waals surface area contributed by atoms with Crippen molar-refractivity contribution in [2.24, 2.45) is 11.8 Å². The minimum Gasteiger partial charge on any atom is -0.251 e. The number of halogens is 1. The van der Waals surface area contributed by atoms with E-state index in [9.17, 15) is 4.39 Å². The summed E-state index contributed by atoms with van der Waals surface area (Å²) in [7, 11) is 0. The zero-order valence-corrected chi connectivity index (χ0v) is 5.36. The number of hydrogen-bond donors (Lipinski definition) is 0. The van der Waals surface area contributed by atoms with Crippen molar-refractivity contribution >= 4 is 0 Å². The lowest BCUT2D eigenvalue weighted by Gasteiger charge is -1.88. The third kappa shape index (κ3) is 1.21. The van der Waals surface area contributed by atoms with Crippen LogP contribution < -0.4 is 0 Å². The van der Waals surface area contributed by atoms with Gasteiger partial charge in [-0.25, -0.2) is 0 Å². The van der Waals surface area contributed by atoms with E-state index in [4.69, 9.17) is 0 Å². The zero-order chi connectivity index (χ0) is 5.98. The molecule has 0 amide bonds. The quantitative estimate of drug-likeness (QED) is 0.531. The maximum Gasteiger partial charge on any atom is 0.0897 e. The molecular weight excluding hydrogens is 103 g/mol.